The van der Waals surface area contributed by atoms with E-state index in [1.54, 1.807) is 6.92 Å². The van der Waals surface area contributed by atoms with Gasteiger partial charge in [0.25, 0.3) is 11.4 Å². The smallest absolute Gasteiger partial charge is 0.278 e. The van der Waals surface area contributed by atoms with Gasteiger partial charge in [0.05, 0.1) is 50.1 Å². The zero-order valence-electron chi connectivity index (χ0n) is 17.5. The molecule has 0 aliphatic rings. The number of nitrogens with zero attached hydrogens (tertiary/aromatic N) is 4. The molecule has 0 fully saturated rings. The molecule has 2 aromatic carbocycles. The quantitative estimate of drug-likeness (QED) is 0.311. The van der Waals surface area contributed by atoms with Crippen molar-refractivity contribution in [1.29, 1.82) is 0 Å². The molecule has 1 N–H and O–H groups in total. The topological polar surface area (TPSA) is 127 Å². The summed E-state index contributed by atoms with van der Waals surface area (Å²) in [4.78, 5) is 33.0. The van der Waals surface area contributed by atoms with Crippen molar-refractivity contribution in [2.24, 2.45) is 9.98 Å². The number of aryl methyl sites for hydroxylation is 2. The lowest BCUT2D eigenvalue weighted by Crippen LogP contribution is -1.99. The van der Waals surface area contributed by atoms with Gasteiger partial charge >= 0.3 is 0 Å². The molecule has 1 aromatic heterocycles. The Hall–Kier alpha value is -4.14. The second kappa shape index (κ2) is 8.70. The Morgan fingerprint density at radius 2 is 1.16 bits per heavy atom. The molecule has 0 aliphatic carbocycles. The molecular weight excluding hydrogens is 398 g/mol. The number of hydrogen-bond donors (Lipinski definition) is 1. The van der Waals surface area contributed by atoms with Crippen LogP contribution in [-0.2, 0) is 0 Å². The van der Waals surface area contributed by atoms with Gasteiger partial charge in [-0.05, 0) is 63.1 Å². The van der Waals surface area contributed by atoms with Crippen LogP contribution >= 0.6 is 0 Å². The number of hydrogen-bond acceptors (Lipinski definition) is 6. The summed E-state index contributed by atoms with van der Waals surface area (Å²) in [5.74, 6) is 0. The minimum Gasteiger partial charge on any atom is -0.353 e. The van der Waals surface area contributed by atoms with Crippen LogP contribution in [0.5, 0.6) is 0 Å². The minimum absolute atomic E-state index is 0.134. The van der Waals surface area contributed by atoms with Gasteiger partial charge in [-0.2, -0.15) is 0 Å². The average molecular weight is 419 g/mol. The number of benzene rings is 2. The van der Waals surface area contributed by atoms with Crippen LogP contribution < -0.4 is 0 Å². The number of non-ortho nitro benzene ring substituents is 2. The van der Waals surface area contributed by atoms with Gasteiger partial charge in [-0.1, -0.05) is 6.07 Å². The molecule has 0 amide bonds. The van der Waals surface area contributed by atoms with Gasteiger partial charge in [-0.15, -0.1) is 0 Å². The highest BCUT2D eigenvalue weighted by molar-refractivity contribution is 6.03. The highest BCUT2D eigenvalue weighted by Crippen LogP contribution is 2.28. The SMILES string of the molecule is CC(=Nc1cc(C)cc(C)c1)c1ccc(C(C)=Nc2cc([N+](=O)[O-])cc([N+](=O)[O-])c2)[nH]1. The Morgan fingerprint density at radius 1 is 0.742 bits per heavy atom. The molecule has 1 heterocycles. The first-order valence-electron chi connectivity index (χ1n) is 9.45. The second-order valence-corrected chi connectivity index (χ2v) is 7.25. The Balaban J connectivity index is 1.91. The molecule has 9 heteroatoms. The minimum atomic E-state index is -0.680. The van der Waals surface area contributed by atoms with Crippen LogP contribution in [0.4, 0.5) is 22.7 Å². The number of aromatic nitrogens is 1. The number of aromatic amines is 1. The lowest BCUT2D eigenvalue weighted by atomic mass is 10.1. The fourth-order valence-electron chi connectivity index (χ4n) is 3.20. The van der Waals surface area contributed by atoms with E-state index < -0.39 is 9.85 Å². The number of aliphatic imine (C=N–C) groups is 2. The first-order chi connectivity index (χ1) is 14.6. The summed E-state index contributed by atoms with van der Waals surface area (Å²) >= 11 is 0. The fourth-order valence-corrected chi connectivity index (χ4v) is 3.20. The van der Waals surface area contributed by atoms with E-state index >= 15 is 0 Å². The summed E-state index contributed by atoms with van der Waals surface area (Å²) in [7, 11) is 0. The van der Waals surface area contributed by atoms with E-state index in [0.29, 0.717) is 11.4 Å². The Kier molecular flexibility index (Phi) is 6.05. The number of rotatable bonds is 6. The van der Waals surface area contributed by atoms with E-state index in [-0.39, 0.29) is 17.1 Å². The van der Waals surface area contributed by atoms with Crippen molar-refractivity contribution in [3.8, 4) is 0 Å². The van der Waals surface area contributed by atoms with Crippen molar-refractivity contribution in [3.63, 3.8) is 0 Å². The summed E-state index contributed by atoms with van der Waals surface area (Å²) in [5.41, 5.74) is 5.29. The highest BCUT2D eigenvalue weighted by atomic mass is 16.6. The zero-order chi connectivity index (χ0) is 22.7. The number of nitro benzene ring substituents is 2. The monoisotopic (exact) mass is 419 g/mol. The van der Waals surface area contributed by atoms with Gasteiger partial charge < -0.3 is 4.98 Å². The average Bonchev–Trinajstić information content (AvgIpc) is 3.17. The van der Waals surface area contributed by atoms with Gasteiger partial charge in [0.15, 0.2) is 0 Å². The molecular formula is C22H21N5O4. The first-order valence-corrected chi connectivity index (χ1v) is 9.45. The van der Waals surface area contributed by atoms with Crippen LogP contribution in [0, 0.1) is 34.1 Å². The van der Waals surface area contributed by atoms with Crippen LogP contribution in [0.1, 0.15) is 36.4 Å². The van der Waals surface area contributed by atoms with E-state index in [4.69, 9.17) is 0 Å². The van der Waals surface area contributed by atoms with Crippen LogP contribution in [0.2, 0.25) is 0 Å². The maximum Gasteiger partial charge on any atom is 0.278 e. The van der Waals surface area contributed by atoms with Gasteiger partial charge in [0, 0.05) is 12.1 Å². The standard InChI is InChI=1S/C22H21N5O4/c1-13-7-14(2)9-17(8-13)23-15(3)21-5-6-22(25-21)16(4)24-18-10-19(26(28)29)12-20(11-18)27(30)31/h5-12,25H,1-4H3. The highest BCUT2D eigenvalue weighted by Gasteiger charge is 2.16. The van der Waals surface area contributed by atoms with Crippen molar-refractivity contribution in [2.75, 3.05) is 0 Å². The Morgan fingerprint density at radius 3 is 1.58 bits per heavy atom. The largest absolute Gasteiger partial charge is 0.353 e. The predicted octanol–water partition coefficient (Wildman–Crippen LogP) is 5.73. The zero-order valence-corrected chi connectivity index (χ0v) is 17.5. The van der Waals surface area contributed by atoms with Crippen LogP contribution in [-0.4, -0.2) is 26.3 Å². The van der Waals surface area contributed by atoms with E-state index in [1.165, 1.54) is 12.1 Å². The maximum absolute atomic E-state index is 11.1. The molecule has 0 saturated carbocycles. The number of nitrogens with one attached hydrogen (secondary N) is 1. The molecule has 0 saturated heterocycles. The normalized spacial score (nSPS) is 12.1. The number of H-pyrrole nitrogens is 1. The van der Waals surface area contributed by atoms with Crippen molar-refractivity contribution < 1.29 is 9.85 Å². The van der Waals surface area contributed by atoms with Gasteiger partial charge in [0.2, 0.25) is 0 Å². The summed E-state index contributed by atoms with van der Waals surface area (Å²) in [5, 5.41) is 22.1. The van der Waals surface area contributed by atoms with Crippen molar-refractivity contribution in [1.82, 2.24) is 4.98 Å². The lowest BCUT2D eigenvalue weighted by molar-refractivity contribution is -0.394. The molecule has 0 spiro atoms. The molecule has 0 bridgehead atoms. The van der Waals surface area contributed by atoms with Gasteiger partial charge in [-0.25, -0.2) is 0 Å². The molecule has 158 valence electrons. The summed E-state index contributed by atoms with van der Waals surface area (Å²) in [6.07, 6.45) is 0. The van der Waals surface area contributed by atoms with Crippen molar-refractivity contribution >= 4 is 34.2 Å². The van der Waals surface area contributed by atoms with E-state index in [2.05, 4.69) is 21.0 Å². The lowest BCUT2D eigenvalue weighted by Gasteiger charge is -2.03. The third kappa shape index (κ3) is 5.27. The summed E-state index contributed by atoms with van der Waals surface area (Å²) in [6, 6.07) is 13.1. The van der Waals surface area contributed by atoms with Gasteiger partial charge in [0.1, 0.15) is 0 Å². The van der Waals surface area contributed by atoms with Crippen molar-refractivity contribution in [2.45, 2.75) is 27.7 Å². The maximum atomic E-state index is 11.1. The molecule has 0 atom stereocenters. The van der Waals surface area contributed by atoms with Crippen LogP contribution in [0.15, 0.2) is 58.5 Å². The van der Waals surface area contributed by atoms with Crippen molar-refractivity contribution in [3.05, 3.63) is 91.3 Å². The molecule has 3 aromatic rings. The van der Waals surface area contributed by atoms with E-state index in [0.717, 1.165) is 34.3 Å². The number of nitro groups is 2. The Bertz CT molecular complexity index is 1190. The fraction of sp³-hybridized carbons (Fsp3) is 0.182. The third-order valence-corrected chi connectivity index (χ3v) is 4.57. The summed E-state index contributed by atoms with van der Waals surface area (Å²) < 4.78 is 0. The van der Waals surface area contributed by atoms with Crippen LogP contribution in [0.25, 0.3) is 0 Å². The molecule has 3 rings (SSSR count). The predicted molar refractivity (Wildman–Crippen MR) is 120 cm³/mol. The van der Waals surface area contributed by atoms with Crippen LogP contribution in [0.3, 0.4) is 0 Å². The van der Waals surface area contributed by atoms with Gasteiger partial charge in [-0.3, -0.25) is 30.2 Å². The first kappa shape index (κ1) is 21.6. The summed E-state index contributed by atoms with van der Waals surface area (Å²) in [6.45, 7) is 7.65. The molecule has 9 nitrogen and oxygen atoms in total. The molecule has 31 heavy (non-hydrogen) atoms. The molecule has 0 unspecified atom stereocenters. The molecule has 0 aliphatic heterocycles. The second-order valence-electron chi connectivity index (χ2n) is 7.25. The van der Waals surface area contributed by atoms with E-state index in [9.17, 15) is 20.2 Å². The molecule has 0 radical (unpaired) electrons. The third-order valence-electron chi connectivity index (χ3n) is 4.57. The Labute approximate surface area is 178 Å². The van der Waals surface area contributed by atoms with E-state index in [1.807, 2.05) is 45.0 Å².